The number of anilines is 2. The van der Waals surface area contributed by atoms with E-state index in [1.807, 2.05) is 48.7 Å². The van der Waals surface area contributed by atoms with E-state index < -0.39 is 0 Å². The van der Waals surface area contributed by atoms with Crippen LogP contribution in [0.15, 0.2) is 52.9 Å². The van der Waals surface area contributed by atoms with E-state index in [0.717, 1.165) is 10.9 Å². The maximum atomic E-state index is 13.2. The molecule has 2 heterocycles. The summed E-state index contributed by atoms with van der Waals surface area (Å²) in [7, 11) is 0. The molecule has 2 amide bonds. The number of carbonyl (C=O) groups excluding carboxylic acids is 2. The van der Waals surface area contributed by atoms with E-state index in [1.54, 1.807) is 17.8 Å². The number of nitrogens with one attached hydrogen (secondary N) is 1. The second kappa shape index (κ2) is 6.29. The Bertz CT molecular complexity index is 980. The first-order valence-corrected chi connectivity index (χ1v) is 9.28. The summed E-state index contributed by atoms with van der Waals surface area (Å²) in [5, 5.41) is 3.73. The Morgan fingerprint density at radius 1 is 1.20 bits per heavy atom. The van der Waals surface area contributed by atoms with Crippen molar-refractivity contribution >= 4 is 45.9 Å². The van der Waals surface area contributed by atoms with E-state index in [0.29, 0.717) is 28.5 Å². The van der Waals surface area contributed by atoms with E-state index in [2.05, 4.69) is 5.32 Å². The van der Waals surface area contributed by atoms with Crippen LogP contribution in [0.2, 0.25) is 0 Å². The lowest BCUT2D eigenvalue weighted by Gasteiger charge is -2.28. The number of rotatable bonds is 3. The van der Waals surface area contributed by atoms with E-state index in [4.69, 9.17) is 4.42 Å². The molecule has 0 spiro atoms. The molecule has 1 N–H and O–H groups in total. The molecule has 0 radical (unpaired) electrons. The number of thioether (sulfide) groups is 1. The highest BCUT2D eigenvalue weighted by Gasteiger charge is 2.31. The fourth-order valence-corrected chi connectivity index (χ4v) is 3.67. The van der Waals surface area contributed by atoms with Gasteiger partial charge in [0.2, 0.25) is 5.91 Å². The molecule has 6 heteroatoms. The highest BCUT2D eigenvalue weighted by molar-refractivity contribution is 7.97. The monoisotopic (exact) mass is 352 g/mol. The molecule has 0 unspecified atom stereocenters. The largest absolute Gasteiger partial charge is 0.451 e. The molecule has 1 aliphatic rings. The second-order valence-electron chi connectivity index (χ2n) is 5.80. The zero-order chi connectivity index (χ0) is 17.4. The van der Waals surface area contributed by atoms with Crippen molar-refractivity contribution in [3.8, 4) is 0 Å². The third kappa shape index (κ3) is 2.68. The van der Waals surface area contributed by atoms with E-state index in [9.17, 15) is 9.59 Å². The lowest BCUT2D eigenvalue weighted by molar-refractivity contribution is -0.115. The lowest BCUT2D eigenvalue weighted by atomic mass is 10.1. The predicted octanol–water partition coefficient (Wildman–Crippen LogP) is 3.89. The third-order valence-corrected chi connectivity index (χ3v) is 4.77. The summed E-state index contributed by atoms with van der Waals surface area (Å²) in [6.45, 7) is -0.0222. The molecule has 126 valence electrons. The Morgan fingerprint density at radius 3 is 2.80 bits per heavy atom. The average Bonchev–Trinajstić information content (AvgIpc) is 2.99. The number of para-hydroxylation sites is 3. The molecule has 0 fully saturated rings. The number of nitrogens with zero attached hydrogens (tertiary/aromatic N) is 1. The minimum absolute atomic E-state index is 0.0222. The van der Waals surface area contributed by atoms with Crippen LogP contribution in [0.3, 0.4) is 0 Å². The van der Waals surface area contributed by atoms with Crippen LogP contribution in [0.4, 0.5) is 11.4 Å². The molecule has 25 heavy (non-hydrogen) atoms. The van der Waals surface area contributed by atoms with Crippen molar-refractivity contribution in [1.29, 1.82) is 0 Å². The molecule has 1 aromatic heterocycles. The lowest BCUT2D eigenvalue weighted by Crippen LogP contribution is -2.42. The molecule has 3 aromatic rings. The van der Waals surface area contributed by atoms with Gasteiger partial charge >= 0.3 is 0 Å². The van der Waals surface area contributed by atoms with Crippen molar-refractivity contribution in [3.63, 3.8) is 0 Å². The fraction of sp³-hybridized carbons (Fsp3) is 0.158. The first-order chi connectivity index (χ1) is 12.2. The molecule has 0 saturated carbocycles. The van der Waals surface area contributed by atoms with Gasteiger partial charge < -0.3 is 9.73 Å². The molecular formula is C19H16N2O3S. The Labute approximate surface area is 149 Å². The topological polar surface area (TPSA) is 62.6 Å². The Balaban J connectivity index is 1.83. The van der Waals surface area contributed by atoms with Crippen molar-refractivity contribution in [2.75, 3.05) is 23.0 Å². The van der Waals surface area contributed by atoms with Crippen LogP contribution < -0.4 is 10.2 Å². The number of carbonyl (C=O) groups is 2. The molecule has 0 saturated heterocycles. The Morgan fingerprint density at radius 2 is 1.96 bits per heavy atom. The maximum Gasteiger partial charge on any atom is 0.294 e. The maximum absolute atomic E-state index is 13.2. The molecule has 4 rings (SSSR count). The van der Waals surface area contributed by atoms with Crippen LogP contribution in [0, 0.1) is 0 Å². The van der Waals surface area contributed by atoms with E-state index >= 15 is 0 Å². The van der Waals surface area contributed by atoms with Crippen LogP contribution in [0.1, 0.15) is 16.1 Å². The molecular weight excluding hydrogens is 336 g/mol. The first-order valence-electron chi connectivity index (χ1n) is 7.89. The summed E-state index contributed by atoms with van der Waals surface area (Å²) < 4.78 is 5.88. The molecule has 1 aliphatic heterocycles. The second-order valence-corrected chi connectivity index (χ2v) is 6.66. The van der Waals surface area contributed by atoms with Gasteiger partial charge in [-0.3, -0.25) is 14.5 Å². The van der Waals surface area contributed by atoms with E-state index in [-0.39, 0.29) is 18.4 Å². The highest BCUT2D eigenvalue weighted by Crippen LogP contribution is 2.34. The van der Waals surface area contributed by atoms with E-state index in [1.165, 1.54) is 4.90 Å². The van der Waals surface area contributed by atoms with Gasteiger partial charge in [0, 0.05) is 16.7 Å². The molecule has 0 atom stereocenters. The van der Waals surface area contributed by atoms with Gasteiger partial charge in [-0.15, -0.1) is 0 Å². The Kier molecular flexibility index (Phi) is 3.97. The van der Waals surface area contributed by atoms with Gasteiger partial charge in [0.05, 0.1) is 11.4 Å². The van der Waals surface area contributed by atoms with Crippen LogP contribution in [-0.2, 0) is 10.5 Å². The number of fused-ring (bicyclic) bond motifs is 2. The molecule has 2 aromatic carbocycles. The molecule has 5 nitrogen and oxygen atoms in total. The number of amides is 2. The van der Waals surface area contributed by atoms with Gasteiger partial charge in [0.25, 0.3) is 5.91 Å². The summed E-state index contributed by atoms with van der Waals surface area (Å²) in [6.07, 6.45) is 1.99. The van der Waals surface area contributed by atoms with Gasteiger partial charge in [-0.1, -0.05) is 30.3 Å². The highest BCUT2D eigenvalue weighted by atomic mass is 32.2. The predicted molar refractivity (Wildman–Crippen MR) is 100 cm³/mol. The van der Waals surface area contributed by atoms with Gasteiger partial charge in [-0.2, -0.15) is 11.8 Å². The zero-order valence-corrected chi connectivity index (χ0v) is 14.4. The van der Waals surface area contributed by atoms with Crippen molar-refractivity contribution in [1.82, 2.24) is 0 Å². The summed E-state index contributed by atoms with van der Waals surface area (Å²) in [6, 6.07) is 14.9. The SMILES string of the molecule is CSCc1c(C(=O)N2CC(=O)Nc3ccccc32)oc2ccccc12. The van der Waals surface area contributed by atoms with Crippen LogP contribution in [0.5, 0.6) is 0 Å². The smallest absolute Gasteiger partial charge is 0.294 e. The number of hydrogen-bond acceptors (Lipinski definition) is 4. The minimum Gasteiger partial charge on any atom is -0.451 e. The number of furan rings is 1. The zero-order valence-electron chi connectivity index (χ0n) is 13.6. The van der Waals surface area contributed by atoms with Gasteiger partial charge in [0.15, 0.2) is 5.76 Å². The van der Waals surface area contributed by atoms with Crippen molar-refractivity contribution in [2.45, 2.75) is 5.75 Å². The standard InChI is InChI=1S/C19H16N2O3S/c1-25-11-13-12-6-2-5-9-16(12)24-18(13)19(23)21-10-17(22)20-14-7-3-4-8-15(14)21/h2-9H,10-11H2,1H3,(H,20,22). The molecule has 0 bridgehead atoms. The number of benzene rings is 2. The van der Waals surface area contributed by atoms with Crippen molar-refractivity contribution in [3.05, 3.63) is 59.9 Å². The van der Waals surface area contributed by atoms with Gasteiger partial charge in [-0.05, 0) is 24.5 Å². The van der Waals surface area contributed by atoms with Gasteiger partial charge in [-0.25, -0.2) is 0 Å². The third-order valence-electron chi connectivity index (χ3n) is 4.20. The van der Waals surface area contributed by atoms with Gasteiger partial charge in [0.1, 0.15) is 12.1 Å². The fourth-order valence-electron chi connectivity index (χ4n) is 3.10. The van der Waals surface area contributed by atoms with Crippen LogP contribution in [-0.4, -0.2) is 24.6 Å². The van der Waals surface area contributed by atoms with Crippen LogP contribution in [0.25, 0.3) is 11.0 Å². The first kappa shape index (κ1) is 15.8. The summed E-state index contributed by atoms with van der Waals surface area (Å²) in [5.41, 5.74) is 2.87. The van der Waals surface area contributed by atoms with Crippen molar-refractivity contribution < 1.29 is 14.0 Å². The average molecular weight is 352 g/mol. The quantitative estimate of drug-likeness (QED) is 0.777. The number of hydrogen-bond donors (Lipinski definition) is 1. The summed E-state index contributed by atoms with van der Waals surface area (Å²) in [5.74, 6) is 0.469. The van der Waals surface area contributed by atoms with Crippen LogP contribution >= 0.6 is 11.8 Å². The summed E-state index contributed by atoms with van der Waals surface area (Å²) in [4.78, 5) is 26.7. The molecule has 0 aliphatic carbocycles. The summed E-state index contributed by atoms with van der Waals surface area (Å²) >= 11 is 1.63. The normalized spacial score (nSPS) is 13.6. The van der Waals surface area contributed by atoms with Crippen molar-refractivity contribution in [2.24, 2.45) is 0 Å². The Hall–Kier alpha value is -2.73. The minimum atomic E-state index is -0.289.